The van der Waals surface area contributed by atoms with Crippen molar-refractivity contribution in [3.8, 4) is 5.75 Å². The Hall–Kier alpha value is -2.12. The number of β-amino-alcohol motifs (C(OH)–C–C–N with tert-alkyl or cyclic N) is 1. The van der Waals surface area contributed by atoms with Gasteiger partial charge < -0.3 is 15.2 Å². The minimum absolute atomic E-state index is 0.0351. The molecule has 2 aromatic rings. The summed E-state index contributed by atoms with van der Waals surface area (Å²) in [4.78, 5) is 16.5. The number of carbonyl (C=O) groups excluding carboxylic acids is 1. The molecule has 0 saturated carbocycles. The lowest BCUT2D eigenvalue weighted by Gasteiger charge is -2.35. The fourth-order valence-corrected chi connectivity index (χ4v) is 3.25. The number of piperazine rings is 1. The van der Waals surface area contributed by atoms with Gasteiger partial charge in [0.25, 0.3) is 0 Å². The second-order valence-corrected chi connectivity index (χ2v) is 7.35. The van der Waals surface area contributed by atoms with E-state index in [4.69, 9.17) is 16.3 Å². The number of aliphatic hydroxyl groups excluding tert-OH is 1. The highest BCUT2D eigenvalue weighted by Crippen LogP contribution is 2.13. The maximum Gasteiger partial charge on any atom is 0.238 e. The lowest BCUT2D eigenvalue weighted by molar-refractivity contribution is -0.117. The fourth-order valence-electron chi connectivity index (χ4n) is 3.13. The molecule has 0 radical (unpaired) electrons. The van der Waals surface area contributed by atoms with Crippen LogP contribution >= 0.6 is 11.6 Å². The summed E-state index contributed by atoms with van der Waals surface area (Å²) >= 11 is 5.85. The van der Waals surface area contributed by atoms with Crippen LogP contribution in [0, 0.1) is 0 Å². The molecule has 150 valence electrons. The molecule has 1 amide bonds. The van der Waals surface area contributed by atoms with Gasteiger partial charge in [0.1, 0.15) is 18.5 Å². The first-order valence-corrected chi connectivity index (χ1v) is 9.82. The molecule has 1 heterocycles. The Labute approximate surface area is 170 Å². The van der Waals surface area contributed by atoms with Crippen molar-refractivity contribution in [3.63, 3.8) is 0 Å². The number of hydrogen-bond acceptors (Lipinski definition) is 5. The Kier molecular flexibility index (Phi) is 7.68. The van der Waals surface area contributed by atoms with E-state index in [0.717, 1.165) is 37.6 Å². The van der Waals surface area contributed by atoms with Crippen molar-refractivity contribution in [3.05, 3.63) is 59.6 Å². The third kappa shape index (κ3) is 6.80. The van der Waals surface area contributed by atoms with Crippen molar-refractivity contribution >= 4 is 23.2 Å². The molecule has 1 saturated heterocycles. The molecule has 1 aliphatic heterocycles. The topological polar surface area (TPSA) is 65.0 Å². The molecule has 2 aromatic carbocycles. The van der Waals surface area contributed by atoms with Crippen molar-refractivity contribution in [2.24, 2.45) is 0 Å². The number of ether oxygens (including phenoxy) is 1. The van der Waals surface area contributed by atoms with Gasteiger partial charge in [-0.2, -0.15) is 0 Å². The molecule has 0 unspecified atom stereocenters. The van der Waals surface area contributed by atoms with Crippen LogP contribution in [0.25, 0.3) is 0 Å². The number of anilines is 1. The highest BCUT2D eigenvalue weighted by Gasteiger charge is 2.21. The number of carbonyl (C=O) groups is 1. The summed E-state index contributed by atoms with van der Waals surface area (Å²) in [6.07, 6.45) is -0.542. The maximum absolute atomic E-state index is 12.2. The predicted molar refractivity (Wildman–Crippen MR) is 111 cm³/mol. The van der Waals surface area contributed by atoms with Crippen LogP contribution in [0.5, 0.6) is 5.75 Å². The first kappa shape index (κ1) is 20.6. The monoisotopic (exact) mass is 403 g/mol. The summed E-state index contributed by atoms with van der Waals surface area (Å²) in [5.74, 6) is 0.727. The van der Waals surface area contributed by atoms with Gasteiger partial charge in [-0.1, -0.05) is 29.8 Å². The minimum Gasteiger partial charge on any atom is -0.491 e. The van der Waals surface area contributed by atoms with Gasteiger partial charge >= 0.3 is 0 Å². The number of amides is 1. The van der Waals surface area contributed by atoms with Crippen molar-refractivity contribution in [1.82, 2.24) is 9.80 Å². The molecule has 6 nitrogen and oxygen atoms in total. The molecule has 7 heteroatoms. The van der Waals surface area contributed by atoms with Crippen LogP contribution in [0.1, 0.15) is 0 Å². The van der Waals surface area contributed by atoms with Gasteiger partial charge in [0.2, 0.25) is 5.91 Å². The third-order valence-electron chi connectivity index (χ3n) is 4.61. The first-order valence-electron chi connectivity index (χ1n) is 9.44. The molecule has 0 aromatic heterocycles. The molecular formula is C21H26ClN3O3. The molecule has 0 aliphatic carbocycles. The summed E-state index contributed by atoms with van der Waals surface area (Å²) < 4.78 is 5.60. The Bertz CT molecular complexity index is 734. The van der Waals surface area contributed by atoms with Gasteiger partial charge in [-0.05, 0) is 36.4 Å². The number of benzene rings is 2. The zero-order valence-electron chi connectivity index (χ0n) is 15.8. The summed E-state index contributed by atoms with van der Waals surface area (Å²) in [5.41, 5.74) is 0.745. The Balaban J connectivity index is 1.33. The zero-order chi connectivity index (χ0) is 19.8. The van der Waals surface area contributed by atoms with E-state index < -0.39 is 6.10 Å². The van der Waals surface area contributed by atoms with Crippen molar-refractivity contribution in [2.45, 2.75) is 6.10 Å². The van der Waals surface area contributed by atoms with Gasteiger partial charge in [-0.3, -0.25) is 14.6 Å². The summed E-state index contributed by atoms with van der Waals surface area (Å²) in [7, 11) is 0. The summed E-state index contributed by atoms with van der Waals surface area (Å²) in [6, 6.07) is 16.6. The van der Waals surface area contributed by atoms with E-state index >= 15 is 0 Å². The van der Waals surface area contributed by atoms with Gasteiger partial charge in [0, 0.05) is 43.4 Å². The second kappa shape index (κ2) is 10.4. The molecule has 0 bridgehead atoms. The zero-order valence-corrected chi connectivity index (χ0v) is 16.5. The van der Waals surface area contributed by atoms with E-state index in [0.29, 0.717) is 18.1 Å². The lowest BCUT2D eigenvalue weighted by atomic mass is 10.2. The van der Waals surface area contributed by atoms with E-state index in [2.05, 4.69) is 15.1 Å². The normalized spacial score (nSPS) is 16.5. The number of halogens is 1. The Morgan fingerprint density at radius 2 is 1.68 bits per heavy atom. The van der Waals surface area contributed by atoms with Crippen molar-refractivity contribution in [1.29, 1.82) is 0 Å². The van der Waals surface area contributed by atoms with Crippen LogP contribution in [0.4, 0.5) is 5.69 Å². The molecular weight excluding hydrogens is 378 g/mol. The highest BCUT2D eigenvalue weighted by atomic mass is 35.5. The average Bonchev–Trinajstić information content (AvgIpc) is 2.70. The number of para-hydroxylation sites is 1. The van der Waals surface area contributed by atoms with E-state index in [1.54, 1.807) is 24.3 Å². The van der Waals surface area contributed by atoms with E-state index in [9.17, 15) is 9.90 Å². The first-order chi connectivity index (χ1) is 13.6. The molecule has 1 fully saturated rings. The summed E-state index contributed by atoms with van der Waals surface area (Å²) in [5, 5.41) is 13.7. The van der Waals surface area contributed by atoms with Crippen LogP contribution in [0.15, 0.2) is 54.6 Å². The van der Waals surface area contributed by atoms with Crippen LogP contribution in [-0.4, -0.2) is 72.8 Å². The van der Waals surface area contributed by atoms with Crippen molar-refractivity contribution < 1.29 is 14.6 Å². The van der Waals surface area contributed by atoms with Crippen LogP contribution < -0.4 is 10.1 Å². The number of aliphatic hydroxyl groups is 1. The summed E-state index contributed by atoms with van der Waals surface area (Å²) in [6.45, 7) is 4.41. The molecule has 3 rings (SSSR count). The largest absolute Gasteiger partial charge is 0.491 e. The van der Waals surface area contributed by atoms with Gasteiger partial charge in [-0.15, -0.1) is 0 Å². The number of hydrogen-bond donors (Lipinski definition) is 2. The minimum atomic E-state index is -0.542. The number of nitrogens with one attached hydrogen (secondary N) is 1. The molecule has 28 heavy (non-hydrogen) atoms. The Morgan fingerprint density at radius 3 is 2.36 bits per heavy atom. The molecule has 2 N–H and O–H groups in total. The van der Waals surface area contributed by atoms with Gasteiger partial charge in [0.15, 0.2) is 0 Å². The van der Waals surface area contributed by atoms with E-state index in [1.807, 2.05) is 30.3 Å². The molecule has 1 atom stereocenters. The van der Waals surface area contributed by atoms with Gasteiger partial charge in [0.05, 0.1) is 6.54 Å². The lowest BCUT2D eigenvalue weighted by Crippen LogP contribution is -2.50. The average molecular weight is 404 g/mol. The highest BCUT2D eigenvalue weighted by molar-refractivity contribution is 6.30. The standard InChI is InChI=1S/C21H26ClN3O3/c22-17-6-8-18(9-7-17)23-21(27)15-25-12-10-24(11-13-25)14-19(26)16-28-20-4-2-1-3-5-20/h1-9,19,26H,10-16H2,(H,23,27)/t19-/m1/s1. The smallest absolute Gasteiger partial charge is 0.238 e. The molecule has 1 aliphatic rings. The molecule has 0 spiro atoms. The SMILES string of the molecule is O=C(CN1CCN(C[C@@H](O)COc2ccccc2)CC1)Nc1ccc(Cl)cc1. The maximum atomic E-state index is 12.2. The fraction of sp³-hybridized carbons (Fsp3) is 0.381. The van der Waals surface area contributed by atoms with Gasteiger partial charge in [-0.25, -0.2) is 0 Å². The van der Waals surface area contributed by atoms with E-state index in [1.165, 1.54) is 0 Å². The third-order valence-corrected chi connectivity index (χ3v) is 4.87. The second-order valence-electron chi connectivity index (χ2n) is 6.91. The quantitative estimate of drug-likeness (QED) is 0.708. The van der Waals surface area contributed by atoms with E-state index in [-0.39, 0.29) is 12.5 Å². The predicted octanol–water partition coefficient (Wildman–Crippen LogP) is 2.34. The van der Waals surface area contributed by atoms with Crippen LogP contribution in [0.2, 0.25) is 5.02 Å². The Morgan fingerprint density at radius 1 is 1.04 bits per heavy atom. The van der Waals surface area contributed by atoms with Crippen LogP contribution in [0.3, 0.4) is 0 Å². The number of rotatable bonds is 8. The van der Waals surface area contributed by atoms with Crippen LogP contribution in [-0.2, 0) is 4.79 Å². The van der Waals surface area contributed by atoms with Crippen molar-refractivity contribution in [2.75, 3.05) is 51.2 Å². The number of nitrogens with zero attached hydrogens (tertiary/aromatic N) is 2.